The number of hydrogen-bond donors (Lipinski definition) is 4. The van der Waals surface area contributed by atoms with Crippen molar-refractivity contribution >= 4 is 28.9 Å². The lowest BCUT2D eigenvalue weighted by Gasteiger charge is -2.26. The summed E-state index contributed by atoms with van der Waals surface area (Å²) in [5, 5.41) is 24.2. The number of aromatic nitrogens is 4. The fraction of sp³-hybridized carbons (Fsp3) is 0.355. The first kappa shape index (κ1) is 29.2. The van der Waals surface area contributed by atoms with Crippen molar-refractivity contribution < 1.29 is 14.6 Å². The topological polar surface area (TPSA) is 129 Å². The van der Waals surface area contributed by atoms with Gasteiger partial charge in [-0.25, -0.2) is 9.97 Å². The first-order chi connectivity index (χ1) is 20.3. The number of morpholine rings is 1. The van der Waals surface area contributed by atoms with Crippen LogP contribution in [0.3, 0.4) is 0 Å². The van der Waals surface area contributed by atoms with Crippen LogP contribution in [-0.4, -0.2) is 81.2 Å². The van der Waals surface area contributed by atoms with Gasteiger partial charge in [0.2, 0.25) is 0 Å². The second-order valence-corrected chi connectivity index (χ2v) is 10.6. The highest BCUT2D eigenvalue weighted by atomic mass is 16.5. The van der Waals surface area contributed by atoms with E-state index in [2.05, 4.69) is 35.9 Å². The second-order valence-electron chi connectivity index (χ2n) is 10.6. The SMILES string of the molecule is Cc1cc(Nc2cc(NC(=O)c3cccc(CC(C)O)c3)ccc2C)n(-c2cc(NCCN3CCOCC3)ncn2)n1. The smallest absolute Gasteiger partial charge is 0.255 e. The lowest BCUT2D eigenvalue weighted by Crippen LogP contribution is -2.39. The zero-order valence-corrected chi connectivity index (χ0v) is 24.3. The van der Waals surface area contributed by atoms with Gasteiger partial charge in [0.25, 0.3) is 5.91 Å². The number of benzene rings is 2. The van der Waals surface area contributed by atoms with Crippen molar-refractivity contribution in [1.82, 2.24) is 24.6 Å². The summed E-state index contributed by atoms with van der Waals surface area (Å²) in [6.45, 7) is 10.8. The Morgan fingerprint density at radius 1 is 1.07 bits per heavy atom. The van der Waals surface area contributed by atoms with Crippen LogP contribution in [0.1, 0.15) is 34.1 Å². The number of nitrogens with one attached hydrogen (secondary N) is 3. The summed E-state index contributed by atoms with van der Waals surface area (Å²) >= 11 is 0. The third kappa shape index (κ3) is 7.69. The van der Waals surface area contributed by atoms with E-state index in [-0.39, 0.29) is 5.91 Å². The molecule has 1 aliphatic heterocycles. The zero-order chi connectivity index (χ0) is 29.5. The van der Waals surface area contributed by atoms with Gasteiger partial charge >= 0.3 is 0 Å². The molecule has 1 atom stereocenters. The number of carbonyl (C=O) groups excluding carboxylic acids is 1. The number of amides is 1. The highest BCUT2D eigenvalue weighted by molar-refractivity contribution is 6.04. The number of hydrogen-bond acceptors (Lipinski definition) is 9. The van der Waals surface area contributed by atoms with Crippen LogP contribution < -0.4 is 16.0 Å². The third-order valence-electron chi connectivity index (χ3n) is 7.02. The van der Waals surface area contributed by atoms with Gasteiger partial charge in [0.1, 0.15) is 18.0 Å². The third-order valence-corrected chi connectivity index (χ3v) is 7.02. The molecule has 0 bridgehead atoms. The van der Waals surface area contributed by atoms with Crippen molar-refractivity contribution in [1.29, 1.82) is 0 Å². The summed E-state index contributed by atoms with van der Waals surface area (Å²) in [4.78, 5) is 24.2. The Balaban J connectivity index is 1.28. The average molecular weight is 571 g/mol. The molecular formula is C31H38N8O3. The largest absolute Gasteiger partial charge is 0.393 e. The molecule has 0 spiro atoms. The molecule has 4 N–H and O–H groups in total. The van der Waals surface area contributed by atoms with E-state index < -0.39 is 6.10 Å². The maximum atomic E-state index is 13.0. The van der Waals surface area contributed by atoms with Crippen molar-refractivity contribution in [2.75, 3.05) is 55.3 Å². The summed E-state index contributed by atoms with van der Waals surface area (Å²) in [6, 6.07) is 16.9. The van der Waals surface area contributed by atoms with Crippen molar-refractivity contribution in [2.45, 2.75) is 33.3 Å². The normalized spacial score (nSPS) is 14.4. The Labute approximate surface area is 246 Å². The number of carbonyl (C=O) groups is 1. The molecule has 1 amide bonds. The van der Waals surface area contributed by atoms with E-state index in [9.17, 15) is 9.90 Å². The van der Waals surface area contributed by atoms with Crippen LogP contribution in [0.4, 0.5) is 23.0 Å². The molecule has 11 nitrogen and oxygen atoms in total. The van der Waals surface area contributed by atoms with Crippen LogP contribution in [0.15, 0.2) is 60.9 Å². The van der Waals surface area contributed by atoms with E-state index in [0.29, 0.717) is 23.5 Å². The van der Waals surface area contributed by atoms with Crippen molar-refractivity contribution in [3.63, 3.8) is 0 Å². The van der Waals surface area contributed by atoms with Crippen molar-refractivity contribution in [3.8, 4) is 5.82 Å². The Bertz CT molecular complexity index is 1510. The first-order valence-corrected chi connectivity index (χ1v) is 14.2. The zero-order valence-electron chi connectivity index (χ0n) is 24.3. The molecule has 0 radical (unpaired) electrons. The molecule has 3 heterocycles. The monoisotopic (exact) mass is 570 g/mol. The summed E-state index contributed by atoms with van der Waals surface area (Å²) < 4.78 is 7.18. The van der Waals surface area contributed by atoms with Gasteiger partial charge in [-0.15, -0.1) is 0 Å². The lowest BCUT2D eigenvalue weighted by molar-refractivity contribution is 0.0398. The summed E-state index contributed by atoms with van der Waals surface area (Å²) in [7, 11) is 0. The van der Waals surface area contributed by atoms with Crippen LogP contribution in [0.25, 0.3) is 5.82 Å². The molecule has 2 aromatic heterocycles. The van der Waals surface area contributed by atoms with Gasteiger partial charge in [0.05, 0.1) is 25.0 Å². The Morgan fingerprint density at radius 3 is 2.71 bits per heavy atom. The fourth-order valence-corrected chi connectivity index (χ4v) is 4.85. The van der Waals surface area contributed by atoms with Gasteiger partial charge in [-0.3, -0.25) is 9.69 Å². The van der Waals surface area contributed by atoms with Crippen molar-refractivity contribution in [2.24, 2.45) is 0 Å². The number of aliphatic hydroxyl groups excluding tert-OH is 1. The highest BCUT2D eigenvalue weighted by Crippen LogP contribution is 2.27. The minimum absolute atomic E-state index is 0.215. The van der Waals surface area contributed by atoms with E-state index in [1.165, 1.54) is 6.33 Å². The van der Waals surface area contributed by atoms with E-state index >= 15 is 0 Å². The lowest BCUT2D eigenvalue weighted by atomic mass is 10.1. The fourth-order valence-electron chi connectivity index (χ4n) is 4.85. The highest BCUT2D eigenvalue weighted by Gasteiger charge is 2.14. The number of ether oxygens (including phenoxy) is 1. The molecule has 220 valence electrons. The number of aliphatic hydroxyl groups is 1. The standard InChI is InChI=1S/C31H38N8O3/c1-21-7-8-26(35-31(41)25-6-4-5-24(17-25)16-23(3)40)18-27(21)36-30-15-22(2)37-39(30)29-19-28(33-20-34-29)32-9-10-38-11-13-42-14-12-38/h4-8,15,17-20,23,36,40H,9-14,16H2,1-3H3,(H,35,41)(H,32,33,34). The van der Waals surface area contributed by atoms with E-state index in [1.54, 1.807) is 17.7 Å². The number of nitrogens with zero attached hydrogens (tertiary/aromatic N) is 5. The Kier molecular flexibility index (Phi) is 9.42. The summed E-state index contributed by atoms with van der Waals surface area (Å²) in [6.07, 6.45) is 1.55. The summed E-state index contributed by atoms with van der Waals surface area (Å²) in [5.41, 5.74) is 4.77. The van der Waals surface area contributed by atoms with Crippen LogP contribution in [-0.2, 0) is 11.2 Å². The average Bonchev–Trinajstić information content (AvgIpc) is 3.35. The van der Waals surface area contributed by atoms with Crippen molar-refractivity contribution in [3.05, 3.63) is 83.3 Å². The molecule has 0 aliphatic carbocycles. The number of aryl methyl sites for hydroxylation is 2. The maximum absolute atomic E-state index is 13.0. The van der Waals surface area contributed by atoms with Gasteiger partial charge in [-0.2, -0.15) is 9.78 Å². The molecule has 5 rings (SSSR count). The van der Waals surface area contributed by atoms with Gasteiger partial charge in [-0.05, 0) is 62.6 Å². The molecule has 1 fully saturated rings. The predicted molar refractivity (Wildman–Crippen MR) is 164 cm³/mol. The minimum atomic E-state index is -0.475. The molecule has 1 aliphatic rings. The molecule has 0 saturated carbocycles. The molecule has 4 aromatic rings. The van der Waals surface area contributed by atoms with Crippen LogP contribution >= 0.6 is 0 Å². The van der Waals surface area contributed by atoms with Crippen LogP contribution in [0, 0.1) is 13.8 Å². The molecule has 1 unspecified atom stereocenters. The molecule has 11 heteroatoms. The van der Waals surface area contributed by atoms with Gasteiger partial charge in [0, 0.05) is 55.2 Å². The molecule has 1 saturated heterocycles. The van der Waals surface area contributed by atoms with Gasteiger partial charge in [0.15, 0.2) is 5.82 Å². The quantitative estimate of drug-likeness (QED) is 0.212. The Hall–Kier alpha value is -4.32. The molecule has 42 heavy (non-hydrogen) atoms. The Morgan fingerprint density at radius 2 is 1.90 bits per heavy atom. The molecular weight excluding hydrogens is 532 g/mol. The summed E-state index contributed by atoms with van der Waals surface area (Å²) in [5.74, 6) is 1.88. The first-order valence-electron chi connectivity index (χ1n) is 14.2. The van der Waals surface area contributed by atoms with Crippen LogP contribution in [0.5, 0.6) is 0 Å². The van der Waals surface area contributed by atoms with E-state index in [4.69, 9.17) is 4.74 Å². The maximum Gasteiger partial charge on any atom is 0.255 e. The van der Waals surface area contributed by atoms with Gasteiger partial charge in [-0.1, -0.05) is 18.2 Å². The predicted octanol–water partition coefficient (Wildman–Crippen LogP) is 3.94. The van der Waals surface area contributed by atoms with Crippen LogP contribution in [0.2, 0.25) is 0 Å². The van der Waals surface area contributed by atoms with Gasteiger partial charge < -0.3 is 25.8 Å². The second kappa shape index (κ2) is 13.6. The molecule has 2 aromatic carbocycles. The number of anilines is 4. The minimum Gasteiger partial charge on any atom is -0.393 e. The van der Waals surface area contributed by atoms with E-state index in [0.717, 1.165) is 73.5 Å². The van der Waals surface area contributed by atoms with E-state index in [1.807, 2.05) is 62.4 Å². The number of rotatable bonds is 11.